The van der Waals surface area contributed by atoms with Crippen molar-refractivity contribution in [1.29, 1.82) is 0 Å². The number of hydrogen-bond acceptors (Lipinski definition) is 4. The summed E-state index contributed by atoms with van der Waals surface area (Å²) in [4.78, 5) is 0. The molecule has 1 fully saturated rings. The summed E-state index contributed by atoms with van der Waals surface area (Å²) in [6, 6.07) is 20.8. The lowest BCUT2D eigenvalue weighted by Gasteiger charge is -2.19. The molecule has 0 aromatic heterocycles. The zero-order chi connectivity index (χ0) is 26.4. The summed E-state index contributed by atoms with van der Waals surface area (Å²) >= 11 is 0. The Hall–Kier alpha value is -1.72. The summed E-state index contributed by atoms with van der Waals surface area (Å²) in [5.74, 6) is 0. The Morgan fingerprint density at radius 3 is 0.816 bits per heavy atom. The third-order valence-corrected chi connectivity index (χ3v) is 7.30. The Morgan fingerprint density at radius 1 is 0.316 bits per heavy atom. The molecule has 1 aliphatic heterocycles. The fourth-order valence-corrected chi connectivity index (χ4v) is 4.99. The summed E-state index contributed by atoms with van der Waals surface area (Å²) < 4.78 is 24.7. The third kappa shape index (κ3) is 13.9. The van der Waals surface area contributed by atoms with Crippen LogP contribution < -0.4 is 0 Å². The minimum atomic E-state index is -0.235. The van der Waals surface area contributed by atoms with Crippen molar-refractivity contribution in [2.75, 3.05) is 26.4 Å². The van der Waals surface area contributed by atoms with E-state index in [4.69, 9.17) is 18.9 Å². The Bertz CT molecular complexity index is 686. The Morgan fingerprint density at radius 2 is 0.553 bits per heavy atom. The molecule has 3 rings (SSSR count). The molecule has 0 atom stereocenters. The van der Waals surface area contributed by atoms with E-state index in [0.717, 1.165) is 63.2 Å². The van der Waals surface area contributed by atoms with Crippen LogP contribution in [0.1, 0.15) is 126 Å². The Labute approximate surface area is 232 Å². The quantitative estimate of drug-likeness (QED) is 0.392. The first-order valence-corrected chi connectivity index (χ1v) is 15.5. The van der Waals surface area contributed by atoms with Crippen molar-refractivity contribution in [3.63, 3.8) is 0 Å². The van der Waals surface area contributed by atoms with Gasteiger partial charge in [-0.3, -0.25) is 0 Å². The first-order valence-electron chi connectivity index (χ1n) is 15.5. The van der Waals surface area contributed by atoms with Crippen LogP contribution in [0.5, 0.6) is 0 Å². The third-order valence-electron chi connectivity index (χ3n) is 7.30. The first-order chi connectivity index (χ1) is 18.9. The van der Waals surface area contributed by atoms with Gasteiger partial charge in [-0.15, -0.1) is 0 Å². The molecule has 1 heterocycles. The van der Waals surface area contributed by atoms with Gasteiger partial charge in [0, 0.05) is 11.1 Å². The van der Waals surface area contributed by atoms with Crippen molar-refractivity contribution in [3.8, 4) is 0 Å². The molecule has 1 aliphatic rings. The van der Waals surface area contributed by atoms with Gasteiger partial charge in [-0.1, -0.05) is 138 Å². The molecule has 0 amide bonds. The van der Waals surface area contributed by atoms with E-state index in [-0.39, 0.29) is 12.6 Å². The first kappa shape index (κ1) is 30.8. The topological polar surface area (TPSA) is 36.9 Å². The summed E-state index contributed by atoms with van der Waals surface area (Å²) in [7, 11) is 0. The smallest absolute Gasteiger partial charge is 0.183 e. The summed E-state index contributed by atoms with van der Waals surface area (Å²) in [6.45, 7) is 3.06. The van der Waals surface area contributed by atoms with Crippen LogP contribution in [0.4, 0.5) is 0 Å². The highest BCUT2D eigenvalue weighted by Gasteiger charge is 2.13. The number of ether oxygens (including phenoxy) is 4. The van der Waals surface area contributed by atoms with Crippen LogP contribution in [0, 0.1) is 0 Å². The van der Waals surface area contributed by atoms with Crippen molar-refractivity contribution in [3.05, 3.63) is 71.8 Å². The van der Waals surface area contributed by atoms with Crippen LogP contribution in [-0.4, -0.2) is 26.4 Å². The molecule has 38 heavy (non-hydrogen) atoms. The summed E-state index contributed by atoms with van der Waals surface area (Å²) in [5.41, 5.74) is 2.26. The lowest BCUT2D eigenvalue weighted by molar-refractivity contribution is -0.148. The lowest BCUT2D eigenvalue weighted by Crippen LogP contribution is -2.11. The van der Waals surface area contributed by atoms with Gasteiger partial charge in [0.15, 0.2) is 12.6 Å². The van der Waals surface area contributed by atoms with E-state index in [0.29, 0.717) is 0 Å². The molecule has 0 bridgehead atoms. The predicted molar refractivity (Wildman–Crippen MR) is 156 cm³/mol. The number of rotatable bonds is 2. The summed E-state index contributed by atoms with van der Waals surface area (Å²) in [5, 5.41) is 0. The molecule has 0 spiro atoms. The molecule has 0 saturated carbocycles. The van der Waals surface area contributed by atoms with Crippen LogP contribution in [0.25, 0.3) is 0 Å². The molecule has 0 N–H and O–H groups in total. The molecule has 2 aromatic rings. The number of hydrogen-bond donors (Lipinski definition) is 0. The SMILES string of the molecule is c1ccc(C2OCCCCCCCCCCOC(c3ccccc3)OCCCCCCCCCCO2)cc1. The van der Waals surface area contributed by atoms with E-state index in [1.165, 1.54) is 77.0 Å². The maximum Gasteiger partial charge on any atom is 0.183 e. The minimum Gasteiger partial charge on any atom is -0.348 e. The molecule has 0 radical (unpaired) electrons. The van der Waals surface area contributed by atoms with Crippen molar-refractivity contribution < 1.29 is 18.9 Å². The zero-order valence-electron chi connectivity index (χ0n) is 23.7. The van der Waals surface area contributed by atoms with Crippen molar-refractivity contribution in [1.82, 2.24) is 0 Å². The zero-order valence-corrected chi connectivity index (χ0v) is 23.7. The van der Waals surface area contributed by atoms with E-state index in [1.54, 1.807) is 0 Å². The van der Waals surface area contributed by atoms with Gasteiger partial charge >= 0.3 is 0 Å². The van der Waals surface area contributed by atoms with Gasteiger partial charge in [-0.25, -0.2) is 0 Å². The monoisotopic (exact) mass is 524 g/mol. The fraction of sp³-hybridized carbons (Fsp3) is 0.647. The molecule has 4 nitrogen and oxygen atoms in total. The molecule has 4 heteroatoms. The standard InChI is InChI=1S/C34H52O4/c1-2-6-10-20-28-36-34(32-25-17-14-18-26-32)38-30-22-12-8-4-3-7-11-21-29-37-33(35-27-19-9-5-1)31-23-15-13-16-24-31/h13-18,23-26,33-34H,1-12,19-22,27-30H2. The van der Waals surface area contributed by atoms with Crippen LogP contribution in [0.3, 0.4) is 0 Å². The van der Waals surface area contributed by atoms with E-state index in [2.05, 4.69) is 48.5 Å². The normalized spacial score (nSPS) is 23.9. The molecular formula is C34H52O4. The maximum atomic E-state index is 6.18. The highest BCUT2D eigenvalue weighted by Crippen LogP contribution is 2.22. The van der Waals surface area contributed by atoms with Crippen molar-refractivity contribution in [2.24, 2.45) is 0 Å². The Balaban J connectivity index is 1.40. The molecule has 2 aromatic carbocycles. The van der Waals surface area contributed by atoms with E-state index >= 15 is 0 Å². The van der Waals surface area contributed by atoms with Crippen LogP contribution in [0.15, 0.2) is 60.7 Å². The number of benzene rings is 2. The lowest BCUT2D eigenvalue weighted by atomic mass is 10.1. The molecule has 212 valence electrons. The maximum absolute atomic E-state index is 6.18. The minimum absolute atomic E-state index is 0.235. The van der Waals surface area contributed by atoms with Crippen molar-refractivity contribution in [2.45, 2.75) is 115 Å². The van der Waals surface area contributed by atoms with E-state index in [9.17, 15) is 0 Å². The average Bonchev–Trinajstić information content (AvgIpc) is 2.96. The van der Waals surface area contributed by atoms with Gasteiger partial charge < -0.3 is 18.9 Å². The van der Waals surface area contributed by atoms with Gasteiger partial charge in [-0.2, -0.15) is 0 Å². The van der Waals surface area contributed by atoms with Crippen LogP contribution >= 0.6 is 0 Å². The second-order valence-electron chi connectivity index (χ2n) is 10.6. The second-order valence-corrected chi connectivity index (χ2v) is 10.6. The molecule has 0 unspecified atom stereocenters. The largest absolute Gasteiger partial charge is 0.348 e. The fourth-order valence-electron chi connectivity index (χ4n) is 4.99. The summed E-state index contributed by atoms with van der Waals surface area (Å²) in [6.07, 6.45) is 19.1. The molecule has 0 aliphatic carbocycles. The van der Waals surface area contributed by atoms with Gasteiger partial charge in [0.2, 0.25) is 0 Å². The second kappa shape index (κ2) is 21.1. The predicted octanol–water partition coefficient (Wildman–Crippen LogP) is 9.71. The average molecular weight is 525 g/mol. The van der Waals surface area contributed by atoms with Gasteiger partial charge in [0.1, 0.15) is 0 Å². The van der Waals surface area contributed by atoms with E-state index < -0.39 is 0 Å². The molecular weight excluding hydrogens is 472 g/mol. The van der Waals surface area contributed by atoms with Gasteiger partial charge in [0.05, 0.1) is 26.4 Å². The van der Waals surface area contributed by atoms with Crippen LogP contribution in [0.2, 0.25) is 0 Å². The van der Waals surface area contributed by atoms with Gasteiger partial charge in [0.25, 0.3) is 0 Å². The molecule has 1 saturated heterocycles. The van der Waals surface area contributed by atoms with Crippen molar-refractivity contribution >= 4 is 0 Å². The Kier molecular flexibility index (Phi) is 17.1. The highest BCUT2D eigenvalue weighted by atomic mass is 16.7. The van der Waals surface area contributed by atoms with Gasteiger partial charge in [-0.05, 0) is 25.7 Å². The van der Waals surface area contributed by atoms with E-state index in [1.807, 2.05) is 12.1 Å². The van der Waals surface area contributed by atoms with Crippen LogP contribution in [-0.2, 0) is 18.9 Å². The highest BCUT2D eigenvalue weighted by molar-refractivity contribution is 5.16.